The second-order valence-electron chi connectivity index (χ2n) is 3.01. The molecule has 1 aromatic rings. The largest absolute Gasteiger partial charge is 0.353 e. The van der Waals surface area contributed by atoms with E-state index in [4.69, 9.17) is 30.3 Å². The van der Waals surface area contributed by atoms with Crippen LogP contribution in [-0.2, 0) is 6.42 Å². The molecular formula is C7H13N5S2. The van der Waals surface area contributed by atoms with Gasteiger partial charge < -0.3 is 10.7 Å². The Morgan fingerprint density at radius 3 is 2.50 bits per heavy atom. The van der Waals surface area contributed by atoms with Crippen molar-refractivity contribution in [2.75, 3.05) is 19.9 Å². The summed E-state index contributed by atoms with van der Waals surface area (Å²) in [5.74, 6) is 6.42. The van der Waals surface area contributed by atoms with Crippen LogP contribution in [0.5, 0.6) is 0 Å². The molecule has 1 rings (SSSR count). The fraction of sp³-hybridized carbons (Fsp3) is 0.571. The van der Waals surface area contributed by atoms with Gasteiger partial charge in [0.05, 0.1) is 0 Å². The van der Waals surface area contributed by atoms with E-state index in [9.17, 15) is 0 Å². The van der Waals surface area contributed by atoms with Gasteiger partial charge in [-0.2, -0.15) is 4.68 Å². The first kappa shape index (κ1) is 11.1. The molecule has 2 N–H and O–H groups in total. The summed E-state index contributed by atoms with van der Waals surface area (Å²) in [5.41, 5.74) is 0. The maximum absolute atomic E-state index is 5.70. The lowest BCUT2D eigenvalue weighted by Crippen LogP contribution is -2.28. The van der Waals surface area contributed by atoms with Gasteiger partial charge in [0.1, 0.15) is 0 Å². The van der Waals surface area contributed by atoms with E-state index in [-0.39, 0.29) is 0 Å². The lowest BCUT2D eigenvalue weighted by atomic mass is 10.5. The smallest absolute Gasteiger partial charge is 0.223 e. The zero-order valence-electron chi connectivity index (χ0n) is 8.39. The van der Waals surface area contributed by atoms with E-state index in [1.165, 1.54) is 9.36 Å². The van der Waals surface area contributed by atoms with Gasteiger partial charge in [-0.25, -0.2) is 4.68 Å². The third-order valence-electron chi connectivity index (χ3n) is 1.76. The molecule has 0 unspecified atom stereocenters. The molecule has 0 spiro atoms. The molecular weight excluding hydrogens is 218 g/mol. The Morgan fingerprint density at radius 2 is 2.14 bits per heavy atom. The van der Waals surface area contributed by atoms with Gasteiger partial charge in [-0.3, -0.25) is 0 Å². The minimum atomic E-state index is 0.417. The first-order chi connectivity index (χ1) is 6.49. The summed E-state index contributed by atoms with van der Waals surface area (Å²) in [5, 5.41) is 4.75. The number of aryl methyl sites for hydroxylation is 1. The van der Waals surface area contributed by atoms with Crippen LogP contribution >= 0.6 is 24.4 Å². The molecule has 0 saturated heterocycles. The summed E-state index contributed by atoms with van der Waals surface area (Å²) in [7, 11) is 3.68. The van der Waals surface area contributed by atoms with Gasteiger partial charge in [0.2, 0.25) is 4.77 Å². The molecule has 0 aromatic carbocycles. The molecule has 0 atom stereocenters. The Hall–Kier alpha value is -0.950. The summed E-state index contributed by atoms with van der Waals surface area (Å²) in [6, 6.07) is 0. The fourth-order valence-corrected chi connectivity index (χ4v) is 1.39. The van der Waals surface area contributed by atoms with Crippen molar-refractivity contribution < 1.29 is 0 Å². The van der Waals surface area contributed by atoms with E-state index in [1.54, 1.807) is 4.90 Å². The fourth-order valence-electron chi connectivity index (χ4n) is 0.974. The molecule has 0 bridgehead atoms. The Bertz CT molecular complexity index is 403. The summed E-state index contributed by atoms with van der Waals surface area (Å²) < 4.78 is 3.29. The SMILES string of the molecule is CCc1nn(C(=S)N(C)C)c(=S)n1N. The van der Waals surface area contributed by atoms with Crippen LogP contribution in [0, 0.1) is 4.77 Å². The van der Waals surface area contributed by atoms with E-state index in [0.717, 1.165) is 12.2 Å². The number of nitrogen functional groups attached to an aromatic ring is 1. The van der Waals surface area contributed by atoms with Crippen molar-refractivity contribution in [1.82, 2.24) is 19.4 Å². The minimum absolute atomic E-state index is 0.417. The maximum atomic E-state index is 5.70. The Labute approximate surface area is 93.1 Å². The Kier molecular flexibility index (Phi) is 3.22. The molecule has 0 aliphatic heterocycles. The number of nitrogens with zero attached hydrogens (tertiary/aromatic N) is 4. The van der Waals surface area contributed by atoms with Gasteiger partial charge in [0.15, 0.2) is 10.9 Å². The zero-order valence-corrected chi connectivity index (χ0v) is 10.0. The Morgan fingerprint density at radius 1 is 1.57 bits per heavy atom. The van der Waals surface area contributed by atoms with Crippen molar-refractivity contribution in [3.63, 3.8) is 0 Å². The molecule has 0 saturated carbocycles. The maximum Gasteiger partial charge on any atom is 0.223 e. The standard InChI is InChI=1S/C7H13N5S2/c1-4-5-9-12(6(13)10(2)3)7(14)11(5)8/h4,8H2,1-3H3. The van der Waals surface area contributed by atoms with Gasteiger partial charge in [-0.15, -0.1) is 5.10 Å². The van der Waals surface area contributed by atoms with Crippen LogP contribution in [0.2, 0.25) is 0 Å². The van der Waals surface area contributed by atoms with Gasteiger partial charge in [0, 0.05) is 20.5 Å². The summed E-state index contributed by atoms with van der Waals surface area (Å²) in [6.07, 6.45) is 0.725. The molecule has 5 nitrogen and oxygen atoms in total. The molecule has 0 amide bonds. The average molecular weight is 231 g/mol. The molecule has 0 aliphatic carbocycles. The average Bonchev–Trinajstić information content (AvgIpc) is 2.43. The summed E-state index contributed by atoms with van der Waals surface area (Å²) >= 11 is 10.2. The first-order valence-corrected chi connectivity index (χ1v) is 4.98. The number of hydrogen-bond acceptors (Lipinski definition) is 4. The van der Waals surface area contributed by atoms with E-state index in [0.29, 0.717) is 9.88 Å². The zero-order chi connectivity index (χ0) is 10.9. The van der Waals surface area contributed by atoms with E-state index < -0.39 is 0 Å². The quantitative estimate of drug-likeness (QED) is 0.559. The highest BCUT2D eigenvalue weighted by molar-refractivity contribution is 7.80. The van der Waals surface area contributed by atoms with Gasteiger partial charge in [-0.05, 0) is 24.4 Å². The minimum Gasteiger partial charge on any atom is -0.353 e. The second kappa shape index (κ2) is 4.05. The number of thiocarbonyl (C=S) groups is 1. The first-order valence-electron chi connectivity index (χ1n) is 4.16. The van der Waals surface area contributed by atoms with Crippen LogP contribution in [0.25, 0.3) is 0 Å². The van der Waals surface area contributed by atoms with Crippen molar-refractivity contribution in [2.45, 2.75) is 13.3 Å². The summed E-state index contributed by atoms with van der Waals surface area (Å²) in [6.45, 7) is 1.96. The second-order valence-corrected chi connectivity index (χ2v) is 3.74. The highest BCUT2D eigenvalue weighted by Gasteiger charge is 2.11. The van der Waals surface area contributed by atoms with E-state index in [1.807, 2.05) is 21.0 Å². The van der Waals surface area contributed by atoms with Crippen LogP contribution in [0.15, 0.2) is 0 Å². The van der Waals surface area contributed by atoms with Crippen molar-refractivity contribution in [1.29, 1.82) is 0 Å². The van der Waals surface area contributed by atoms with Gasteiger partial charge >= 0.3 is 0 Å². The van der Waals surface area contributed by atoms with Gasteiger partial charge in [-0.1, -0.05) is 6.92 Å². The molecule has 0 radical (unpaired) electrons. The van der Waals surface area contributed by atoms with Crippen molar-refractivity contribution in [3.05, 3.63) is 10.6 Å². The lowest BCUT2D eigenvalue weighted by Gasteiger charge is -2.11. The molecule has 7 heteroatoms. The number of nitrogens with two attached hydrogens (primary N) is 1. The van der Waals surface area contributed by atoms with Crippen molar-refractivity contribution >= 4 is 29.5 Å². The van der Waals surface area contributed by atoms with Crippen LogP contribution in [0.1, 0.15) is 12.7 Å². The number of hydrogen-bond donors (Lipinski definition) is 1. The molecule has 1 aromatic heterocycles. The number of aromatic nitrogens is 3. The topological polar surface area (TPSA) is 52.0 Å². The van der Waals surface area contributed by atoms with Crippen LogP contribution in [0.3, 0.4) is 0 Å². The van der Waals surface area contributed by atoms with Crippen LogP contribution in [0.4, 0.5) is 0 Å². The third-order valence-corrected chi connectivity index (χ3v) is 2.67. The predicted molar refractivity (Wildman–Crippen MR) is 62.3 cm³/mol. The molecule has 0 aliphatic rings. The molecule has 0 fully saturated rings. The van der Waals surface area contributed by atoms with Crippen LogP contribution < -0.4 is 5.84 Å². The predicted octanol–water partition coefficient (Wildman–Crippen LogP) is 0.385. The monoisotopic (exact) mass is 231 g/mol. The Balaban J connectivity index is 3.24. The van der Waals surface area contributed by atoms with Crippen molar-refractivity contribution in [3.8, 4) is 0 Å². The van der Waals surface area contributed by atoms with Crippen LogP contribution in [-0.4, -0.2) is 38.6 Å². The molecule has 1 heterocycles. The third kappa shape index (κ3) is 1.78. The summed E-state index contributed by atoms with van der Waals surface area (Å²) in [4.78, 5) is 1.76. The number of rotatable bonds is 1. The van der Waals surface area contributed by atoms with Crippen molar-refractivity contribution in [2.24, 2.45) is 0 Å². The highest BCUT2D eigenvalue weighted by atomic mass is 32.1. The van der Waals surface area contributed by atoms with E-state index in [2.05, 4.69) is 5.10 Å². The van der Waals surface area contributed by atoms with Gasteiger partial charge in [0.25, 0.3) is 0 Å². The normalized spacial score (nSPS) is 10.2. The van der Waals surface area contributed by atoms with E-state index >= 15 is 0 Å². The lowest BCUT2D eigenvalue weighted by molar-refractivity contribution is 0.595. The highest BCUT2D eigenvalue weighted by Crippen LogP contribution is 1.99. The molecule has 78 valence electrons. The molecule has 14 heavy (non-hydrogen) atoms.